The maximum Gasteiger partial charge on any atom is 0.241 e. The minimum absolute atomic E-state index is 0. The molecule has 0 aromatic heterocycles. The van der Waals surface area contributed by atoms with E-state index in [9.17, 15) is 4.79 Å². The number of rotatable bonds is 3. The molecule has 0 radical (unpaired) electrons. The second-order valence-corrected chi connectivity index (χ2v) is 6.30. The smallest absolute Gasteiger partial charge is 0.241 e. The number of piperidine rings is 2. The van der Waals surface area contributed by atoms with Crippen LogP contribution in [0.2, 0.25) is 0 Å². The van der Waals surface area contributed by atoms with E-state index < -0.39 is 0 Å². The molecule has 0 bridgehead atoms. The van der Waals surface area contributed by atoms with E-state index in [1.54, 1.807) is 0 Å². The molecule has 2 atom stereocenters. The molecule has 2 aliphatic rings. The van der Waals surface area contributed by atoms with Gasteiger partial charge in [0, 0.05) is 24.8 Å². The van der Waals surface area contributed by atoms with Crippen LogP contribution in [0.5, 0.6) is 0 Å². The van der Waals surface area contributed by atoms with Gasteiger partial charge in [-0.1, -0.05) is 18.2 Å². The van der Waals surface area contributed by atoms with Crippen LogP contribution in [0.1, 0.15) is 19.3 Å². The van der Waals surface area contributed by atoms with Crippen molar-refractivity contribution in [3.8, 4) is 0 Å². The first-order valence-electron chi connectivity index (χ1n) is 8.01. The van der Waals surface area contributed by atoms with Gasteiger partial charge in [-0.05, 0) is 50.9 Å². The highest BCUT2D eigenvalue weighted by Gasteiger charge is 2.35. The molecular weight excluding hydrogens is 298 g/mol. The number of hydrogen-bond acceptors (Lipinski definition) is 3. The Hall–Kier alpha value is -1.26. The van der Waals surface area contributed by atoms with Crippen LogP contribution in [-0.4, -0.2) is 55.0 Å². The van der Waals surface area contributed by atoms with Crippen LogP contribution >= 0.6 is 12.4 Å². The molecule has 5 heteroatoms. The quantitative estimate of drug-likeness (QED) is 0.928. The fourth-order valence-corrected chi connectivity index (χ4v) is 3.72. The second kappa shape index (κ2) is 7.84. The van der Waals surface area contributed by atoms with E-state index in [-0.39, 0.29) is 18.3 Å². The number of fused-ring (bicyclic) bond motifs is 1. The molecule has 1 amide bonds. The summed E-state index contributed by atoms with van der Waals surface area (Å²) in [6.07, 6.45) is 3.66. The highest BCUT2D eigenvalue weighted by molar-refractivity contribution is 5.85. The Morgan fingerprint density at radius 3 is 2.77 bits per heavy atom. The SMILES string of the molecule is CN1CCCC2CN(C(=O)CNc3ccccc3)CCC21.Cl. The number of carbonyl (C=O) groups is 1. The lowest BCUT2D eigenvalue weighted by Crippen LogP contribution is -2.54. The summed E-state index contributed by atoms with van der Waals surface area (Å²) in [4.78, 5) is 16.9. The van der Waals surface area contributed by atoms with Crippen molar-refractivity contribution >= 4 is 24.0 Å². The van der Waals surface area contributed by atoms with Gasteiger partial charge in [0.1, 0.15) is 0 Å². The fourth-order valence-electron chi connectivity index (χ4n) is 3.72. The molecule has 0 saturated carbocycles. The number of carbonyl (C=O) groups excluding carboxylic acids is 1. The van der Waals surface area contributed by atoms with Crippen molar-refractivity contribution in [3.05, 3.63) is 30.3 Å². The van der Waals surface area contributed by atoms with E-state index >= 15 is 0 Å². The number of para-hydroxylation sites is 1. The van der Waals surface area contributed by atoms with Gasteiger partial charge in [-0.2, -0.15) is 0 Å². The van der Waals surface area contributed by atoms with Gasteiger partial charge in [-0.15, -0.1) is 12.4 Å². The Labute approximate surface area is 139 Å². The van der Waals surface area contributed by atoms with E-state index in [1.165, 1.54) is 19.4 Å². The van der Waals surface area contributed by atoms with Gasteiger partial charge in [-0.3, -0.25) is 4.79 Å². The van der Waals surface area contributed by atoms with Gasteiger partial charge >= 0.3 is 0 Å². The highest BCUT2D eigenvalue weighted by atomic mass is 35.5. The van der Waals surface area contributed by atoms with Crippen LogP contribution in [-0.2, 0) is 4.79 Å². The lowest BCUT2D eigenvalue weighted by molar-refractivity contribution is -0.132. The molecule has 22 heavy (non-hydrogen) atoms. The molecule has 1 N–H and O–H groups in total. The summed E-state index contributed by atoms with van der Waals surface area (Å²) in [7, 11) is 2.23. The van der Waals surface area contributed by atoms with Gasteiger partial charge in [0.2, 0.25) is 5.91 Å². The third kappa shape index (κ3) is 3.93. The molecule has 3 rings (SSSR count). The van der Waals surface area contributed by atoms with E-state index in [2.05, 4.69) is 22.2 Å². The maximum absolute atomic E-state index is 12.4. The average Bonchev–Trinajstić information content (AvgIpc) is 2.53. The molecule has 2 unspecified atom stereocenters. The molecule has 2 aliphatic heterocycles. The fraction of sp³-hybridized carbons (Fsp3) is 0.588. The Bertz CT molecular complexity index is 482. The molecule has 2 fully saturated rings. The van der Waals surface area contributed by atoms with Gasteiger partial charge in [-0.25, -0.2) is 0 Å². The van der Waals surface area contributed by atoms with Crippen molar-refractivity contribution in [2.75, 3.05) is 38.5 Å². The van der Waals surface area contributed by atoms with Crippen molar-refractivity contribution in [2.45, 2.75) is 25.3 Å². The predicted octanol–water partition coefficient (Wildman–Crippen LogP) is 2.46. The first-order valence-corrected chi connectivity index (χ1v) is 8.01. The summed E-state index contributed by atoms with van der Waals surface area (Å²) in [5.74, 6) is 0.892. The number of hydrogen-bond donors (Lipinski definition) is 1. The van der Waals surface area contributed by atoms with Crippen molar-refractivity contribution in [1.82, 2.24) is 9.80 Å². The van der Waals surface area contributed by atoms with Gasteiger partial charge in [0.15, 0.2) is 0 Å². The Morgan fingerprint density at radius 2 is 2.00 bits per heavy atom. The third-order valence-corrected chi connectivity index (χ3v) is 4.92. The summed E-state index contributed by atoms with van der Waals surface area (Å²) in [6.45, 7) is 3.45. The van der Waals surface area contributed by atoms with Crippen LogP contribution in [0.4, 0.5) is 5.69 Å². The number of nitrogens with one attached hydrogen (secondary N) is 1. The minimum atomic E-state index is 0. The number of amides is 1. The molecule has 122 valence electrons. The largest absolute Gasteiger partial charge is 0.376 e. The minimum Gasteiger partial charge on any atom is -0.376 e. The lowest BCUT2D eigenvalue weighted by Gasteiger charge is -2.46. The summed E-state index contributed by atoms with van der Waals surface area (Å²) in [5.41, 5.74) is 1.01. The number of benzene rings is 1. The van der Waals surface area contributed by atoms with Crippen LogP contribution < -0.4 is 5.32 Å². The number of nitrogens with zero attached hydrogens (tertiary/aromatic N) is 2. The van der Waals surface area contributed by atoms with Gasteiger partial charge < -0.3 is 15.1 Å². The average molecular weight is 324 g/mol. The molecule has 0 spiro atoms. The van der Waals surface area contributed by atoms with Crippen LogP contribution in [0.25, 0.3) is 0 Å². The number of halogens is 1. The Balaban J connectivity index is 0.00000176. The van der Waals surface area contributed by atoms with E-state index in [4.69, 9.17) is 0 Å². The van der Waals surface area contributed by atoms with E-state index in [0.29, 0.717) is 18.5 Å². The normalized spacial score (nSPS) is 25.0. The highest BCUT2D eigenvalue weighted by Crippen LogP contribution is 2.29. The topological polar surface area (TPSA) is 35.6 Å². The molecular formula is C17H26ClN3O. The first-order chi connectivity index (χ1) is 10.2. The lowest BCUT2D eigenvalue weighted by atomic mass is 9.84. The van der Waals surface area contributed by atoms with Crippen LogP contribution in [0, 0.1) is 5.92 Å². The zero-order valence-electron chi connectivity index (χ0n) is 13.2. The zero-order chi connectivity index (χ0) is 14.7. The molecule has 2 saturated heterocycles. The summed E-state index contributed by atoms with van der Waals surface area (Å²) >= 11 is 0. The predicted molar refractivity (Wildman–Crippen MR) is 92.5 cm³/mol. The summed E-state index contributed by atoms with van der Waals surface area (Å²) in [5, 5.41) is 3.22. The maximum atomic E-state index is 12.4. The molecule has 0 aliphatic carbocycles. The van der Waals surface area contributed by atoms with E-state index in [0.717, 1.165) is 25.2 Å². The Morgan fingerprint density at radius 1 is 1.23 bits per heavy atom. The molecule has 2 heterocycles. The third-order valence-electron chi connectivity index (χ3n) is 4.92. The van der Waals surface area contributed by atoms with Crippen LogP contribution in [0.3, 0.4) is 0 Å². The molecule has 1 aromatic rings. The first kappa shape index (κ1) is 17.1. The second-order valence-electron chi connectivity index (χ2n) is 6.30. The molecule has 4 nitrogen and oxygen atoms in total. The van der Waals surface area contributed by atoms with Gasteiger partial charge in [0.25, 0.3) is 0 Å². The van der Waals surface area contributed by atoms with Crippen molar-refractivity contribution < 1.29 is 4.79 Å². The number of anilines is 1. The van der Waals surface area contributed by atoms with Crippen LogP contribution in [0.15, 0.2) is 30.3 Å². The zero-order valence-corrected chi connectivity index (χ0v) is 14.0. The monoisotopic (exact) mass is 323 g/mol. The summed E-state index contributed by atoms with van der Waals surface area (Å²) < 4.78 is 0. The summed E-state index contributed by atoms with van der Waals surface area (Å²) in [6, 6.07) is 10.6. The number of likely N-dealkylation sites (tertiary alicyclic amines) is 2. The van der Waals surface area contributed by atoms with Crippen molar-refractivity contribution in [3.63, 3.8) is 0 Å². The Kier molecular flexibility index (Phi) is 6.09. The van der Waals surface area contributed by atoms with E-state index in [1.807, 2.05) is 30.3 Å². The van der Waals surface area contributed by atoms with Gasteiger partial charge in [0.05, 0.1) is 6.54 Å². The van der Waals surface area contributed by atoms with Crippen molar-refractivity contribution in [1.29, 1.82) is 0 Å². The standard InChI is InChI=1S/C17H25N3O.ClH/c1-19-10-5-6-14-13-20(11-9-16(14)19)17(21)12-18-15-7-3-2-4-8-15;/h2-4,7-8,14,16,18H,5-6,9-13H2,1H3;1H. The van der Waals surface area contributed by atoms with Crippen molar-refractivity contribution in [2.24, 2.45) is 5.92 Å². The molecule has 1 aromatic carbocycles.